The highest BCUT2D eigenvalue weighted by Gasteiger charge is 2.02. The molecule has 0 bridgehead atoms. The van der Waals surface area contributed by atoms with E-state index < -0.39 is 16.9 Å². The first-order valence-corrected chi connectivity index (χ1v) is 7.30. The number of anilines is 1. The van der Waals surface area contributed by atoms with Gasteiger partial charge in [0.05, 0.1) is 4.90 Å². The third-order valence-electron chi connectivity index (χ3n) is 2.62. The Morgan fingerprint density at radius 3 is 2.33 bits per heavy atom. The molecule has 0 fully saturated rings. The Kier molecular flexibility index (Phi) is 5.25. The smallest absolute Gasteiger partial charge is 0.267 e. The summed E-state index contributed by atoms with van der Waals surface area (Å²) in [4.78, 5) is 11.5. The Morgan fingerprint density at radius 1 is 1.05 bits per heavy atom. The molecule has 21 heavy (non-hydrogen) atoms. The molecule has 2 rings (SSSR count). The van der Waals surface area contributed by atoms with E-state index in [0.717, 1.165) is 5.56 Å². The molecule has 0 heterocycles. The number of hydrogen-bond donors (Lipinski definition) is 3. The van der Waals surface area contributed by atoms with Crippen molar-refractivity contribution in [2.24, 2.45) is 0 Å². The molecule has 6 heteroatoms. The lowest BCUT2D eigenvalue weighted by Crippen LogP contribution is -2.14. The number of hydroxylamine groups is 1. The molecule has 3 N–H and O–H groups in total. The molecule has 1 amide bonds. The van der Waals surface area contributed by atoms with Gasteiger partial charge in [0.25, 0.3) is 5.91 Å². The number of carbonyl (C=O) groups excluding carboxylic acids is 1. The minimum absolute atomic E-state index is 0.595. The van der Waals surface area contributed by atoms with Gasteiger partial charge in [-0.2, -0.15) is 0 Å². The molecule has 0 aromatic heterocycles. The third kappa shape index (κ3) is 4.55. The zero-order valence-corrected chi connectivity index (χ0v) is 11.8. The van der Waals surface area contributed by atoms with Gasteiger partial charge in [-0.25, -0.2) is 9.69 Å². The molecule has 108 valence electrons. The van der Waals surface area contributed by atoms with Crippen molar-refractivity contribution >= 4 is 28.7 Å². The van der Waals surface area contributed by atoms with E-state index >= 15 is 0 Å². The van der Waals surface area contributed by atoms with Gasteiger partial charge >= 0.3 is 0 Å². The summed E-state index contributed by atoms with van der Waals surface area (Å²) in [5, 5.41) is 8.37. The monoisotopic (exact) mass is 302 g/mol. The van der Waals surface area contributed by atoms with Crippen molar-refractivity contribution < 1.29 is 14.2 Å². The van der Waals surface area contributed by atoms with Crippen LogP contribution in [0.4, 0.5) is 5.69 Å². The van der Waals surface area contributed by atoms with Gasteiger partial charge in [0, 0.05) is 11.8 Å². The molecule has 1 unspecified atom stereocenters. The summed E-state index contributed by atoms with van der Waals surface area (Å²) < 4.78 is 14.9. The van der Waals surface area contributed by atoms with E-state index in [1.807, 2.05) is 18.2 Å². The van der Waals surface area contributed by atoms with Gasteiger partial charge in [-0.3, -0.25) is 10.0 Å². The average molecular weight is 302 g/mol. The summed E-state index contributed by atoms with van der Waals surface area (Å²) in [6, 6.07) is 16.2. The first-order valence-electron chi connectivity index (χ1n) is 6.15. The number of hydrogen-bond acceptors (Lipinski definition) is 3. The first kappa shape index (κ1) is 15.0. The van der Waals surface area contributed by atoms with Crippen LogP contribution in [-0.2, 0) is 15.8 Å². The molecule has 0 aliphatic heterocycles. The number of rotatable bonds is 5. The minimum atomic E-state index is -1.32. The highest BCUT2D eigenvalue weighted by molar-refractivity contribution is 7.86. The molecule has 0 aliphatic carbocycles. The molecule has 2 aromatic rings. The summed E-state index contributed by atoms with van der Waals surface area (Å²) in [7, 11) is -1.32. The second kappa shape index (κ2) is 7.37. The maximum absolute atomic E-state index is 12.1. The standard InChI is InChI=1S/C15H14N2O3S/c18-15(16-19)11-8-12-6-9-13(10-7-12)17-21(20)14-4-2-1-3-5-14/h1-11,17,19H,(H,16,18)/b11-8+. The summed E-state index contributed by atoms with van der Waals surface area (Å²) >= 11 is 0. The van der Waals surface area contributed by atoms with Crippen LogP contribution in [0, 0.1) is 0 Å². The average Bonchev–Trinajstić information content (AvgIpc) is 2.54. The van der Waals surface area contributed by atoms with Crippen molar-refractivity contribution in [2.75, 3.05) is 4.72 Å². The summed E-state index contributed by atoms with van der Waals surface area (Å²) in [5.41, 5.74) is 3.01. The van der Waals surface area contributed by atoms with Crippen LogP contribution in [0.2, 0.25) is 0 Å². The number of nitrogens with one attached hydrogen (secondary N) is 2. The van der Waals surface area contributed by atoms with Crippen molar-refractivity contribution in [3.05, 3.63) is 66.2 Å². The van der Waals surface area contributed by atoms with Crippen molar-refractivity contribution in [1.29, 1.82) is 0 Å². The van der Waals surface area contributed by atoms with Crippen molar-refractivity contribution in [1.82, 2.24) is 5.48 Å². The van der Waals surface area contributed by atoms with Crippen LogP contribution in [0.1, 0.15) is 5.56 Å². The van der Waals surface area contributed by atoms with E-state index in [0.29, 0.717) is 10.6 Å². The topological polar surface area (TPSA) is 78.4 Å². The van der Waals surface area contributed by atoms with Gasteiger partial charge in [0.15, 0.2) is 0 Å². The van der Waals surface area contributed by atoms with E-state index in [4.69, 9.17) is 5.21 Å². The molecule has 0 saturated heterocycles. The summed E-state index contributed by atoms with van der Waals surface area (Å²) in [6.07, 6.45) is 2.77. The van der Waals surface area contributed by atoms with Crippen LogP contribution >= 0.6 is 0 Å². The molecular weight excluding hydrogens is 288 g/mol. The fraction of sp³-hybridized carbons (Fsp3) is 0. The Morgan fingerprint density at radius 2 is 1.71 bits per heavy atom. The number of amides is 1. The van der Waals surface area contributed by atoms with Crippen LogP contribution in [-0.4, -0.2) is 15.3 Å². The van der Waals surface area contributed by atoms with E-state index in [1.165, 1.54) is 11.6 Å². The highest BCUT2D eigenvalue weighted by atomic mass is 32.2. The normalized spacial score (nSPS) is 12.0. The van der Waals surface area contributed by atoms with Gasteiger partial charge in [-0.1, -0.05) is 30.3 Å². The highest BCUT2D eigenvalue weighted by Crippen LogP contribution is 2.14. The van der Waals surface area contributed by atoms with Crippen LogP contribution in [0.25, 0.3) is 6.08 Å². The lowest BCUT2D eigenvalue weighted by Gasteiger charge is -2.06. The van der Waals surface area contributed by atoms with Gasteiger partial charge in [0.1, 0.15) is 11.0 Å². The SMILES string of the molecule is O=C(/C=C/c1ccc(NS(=O)c2ccccc2)cc1)NO. The van der Waals surface area contributed by atoms with Crippen LogP contribution < -0.4 is 10.2 Å². The molecule has 0 radical (unpaired) electrons. The Hall–Kier alpha value is -2.44. The van der Waals surface area contributed by atoms with Crippen molar-refractivity contribution in [3.63, 3.8) is 0 Å². The lowest BCUT2D eigenvalue weighted by atomic mass is 10.2. The number of carbonyl (C=O) groups is 1. The summed E-state index contributed by atoms with van der Waals surface area (Å²) in [5.74, 6) is -0.595. The van der Waals surface area contributed by atoms with E-state index in [1.54, 1.807) is 42.5 Å². The molecule has 2 aromatic carbocycles. The lowest BCUT2D eigenvalue weighted by molar-refractivity contribution is -0.124. The quantitative estimate of drug-likeness (QED) is 0.450. The molecule has 1 atom stereocenters. The van der Waals surface area contributed by atoms with Gasteiger partial charge in [0.2, 0.25) is 0 Å². The maximum atomic E-state index is 12.1. The van der Waals surface area contributed by atoms with Gasteiger partial charge in [-0.15, -0.1) is 0 Å². The van der Waals surface area contributed by atoms with Crippen LogP contribution in [0.15, 0.2) is 65.6 Å². The Bertz CT molecular complexity index is 654. The van der Waals surface area contributed by atoms with Gasteiger partial charge in [-0.05, 0) is 35.9 Å². The fourth-order valence-electron chi connectivity index (χ4n) is 1.58. The molecule has 5 nitrogen and oxygen atoms in total. The number of benzene rings is 2. The molecule has 0 aliphatic rings. The minimum Gasteiger partial charge on any atom is -0.301 e. The van der Waals surface area contributed by atoms with E-state index in [9.17, 15) is 9.00 Å². The maximum Gasteiger partial charge on any atom is 0.267 e. The van der Waals surface area contributed by atoms with E-state index in [-0.39, 0.29) is 0 Å². The van der Waals surface area contributed by atoms with Crippen molar-refractivity contribution in [2.45, 2.75) is 4.90 Å². The molecule has 0 spiro atoms. The second-order valence-corrected chi connectivity index (χ2v) is 5.33. The predicted octanol–water partition coefficient (Wildman–Crippen LogP) is 2.34. The second-order valence-electron chi connectivity index (χ2n) is 4.12. The van der Waals surface area contributed by atoms with Crippen LogP contribution in [0.5, 0.6) is 0 Å². The molecular formula is C15H14N2O3S. The zero-order valence-electron chi connectivity index (χ0n) is 11.0. The zero-order chi connectivity index (χ0) is 15.1. The Balaban J connectivity index is 2.01. The largest absolute Gasteiger partial charge is 0.301 e. The third-order valence-corrected chi connectivity index (χ3v) is 3.74. The summed E-state index contributed by atoms with van der Waals surface area (Å²) in [6.45, 7) is 0. The first-order chi connectivity index (χ1) is 10.2. The van der Waals surface area contributed by atoms with Gasteiger partial charge < -0.3 is 4.72 Å². The fourth-order valence-corrected chi connectivity index (χ4v) is 2.45. The van der Waals surface area contributed by atoms with Crippen LogP contribution in [0.3, 0.4) is 0 Å². The predicted molar refractivity (Wildman–Crippen MR) is 81.9 cm³/mol. The van der Waals surface area contributed by atoms with E-state index in [2.05, 4.69) is 4.72 Å². The molecule has 0 saturated carbocycles. The van der Waals surface area contributed by atoms with Crippen molar-refractivity contribution in [3.8, 4) is 0 Å². The Labute approximate surface area is 124 Å².